The molecule has 18 heavy (non-hydrogen) atoms. The minimum absolute atomic E-state index is 0.228. The minimum atomic E-state index is -0.353. The van der Waals surface area contributed by atoms with Crippen LogP contribution in [0.4, 0.5) is 10.1 Å². The molecular weight excluding hydrogens is 229 g/mol. The Morgan fingerprint density at radius 3 is 2.67 bits per heavy atom. The van der Waals surface area contributed by atoms with Crippen LogP contribution in [0.2, 0.25) is 0 Å². The number of hydrogen-bond donors (Lipinski definition) is 1. The van der Waals surface area contributed by atoms with Gasteiger partial charge in [-0.1, -0.05) is 12.2 Å². The number of halogens is 1. The number of hydrogen-bond acceptors (Lipinski definition) is 2. The van der Waals surface area contributed by atoms with E-state index in [1.54, 1.807) is 12.1 Å². The lowest BCUT2D eigenvalue weighted by molar-refractivity contribution is 0.135. The number of allylic oxidation sites excluding steroid dienone is 1. The van der Waals surface area contributed by atoms with Crippen LogP contribution in [0, 0.1) is 11.7 Å². The van der Waals surface area contributed by atoms with Gasteiger partial charge in [-0.15, -0.1) is 0 Å². The summed E-state index contributed by atoms with van der Waals surface area (Å²) in [5.74, 6) is 0.0357. The fourth-order valence-electron chi connectivity index (χ4n) is 2.41. The summed E-state index contributed by atoms with van der Waals surface area (Å²) in [6.45, 7) is 3.44. The molecule has 0 aliphatic heterocycles. The fraction of sp³-hybridized carbons (Fsp3) is 0.467. The molecule has 0 saturated heterocycles. The summed E-state index contributed by atoms with van der Waals surface area (Å²) in [6.07, 6.45) is 5.96. The standard InChI is InChI=1S/C15H20FNO/c1-2-17(14-9-7-13(16)8-10-14)11-15(18)12-5-3-4-6-12/h3,5,7-10,12,15,18H,2,4,6,11H2,1H3. The van der Waals surface area contributed by atoms with E-state index in [0.717, 1.165) is 25.1 Å². The van der Waals surface area contributed by atoms with Gasteiger partial charge in [-0.25, -0.2) is 4.39 Å². The van der Waals surface area contributed by atoms with E-state index >= 15 is 0 Å². The van der Waals surface area contributed by atoms with Gasteiger partial charge in [-0.2, -0.15) is 0 Å². The van der Waals surface area contributed by atoms with Crippen molar-refractivity contribution in [2.24, 2.45) is 5.92 Å². The molecule has 0 aromatic heterocycles. The molecule has 0 radical (unpaired) electrons. The van der Waals surface area contributed by atoms with Crippen molar-refractivity contribution in [1.29, 1.82) is 0 Å². The predicted octanol–water partition coefficient (Wildman–Crippen LogP) is 2.98. The molecule has 1 aliphatic rings. The van der Waals surface area contributed by atoms with Crippen LogP contribution >= 0.6 is 0 Å². The largest absolute Gasteiger partial charge is 0.391 e. The molecule has 0 bridgehead atoms. The van der Waals surface area contributed by atoms with E-state index in [1.165, 1.54) is 12.1 Å². The van der Waals surface area contributed by atoms with Gasteiger partial charge in [0, 0.05) is 24.7 Å². The first-order chi connectivity index (χ1) is 8.70. The van der Waals surface area contributed by atoms with Crippen molar-refractivity contribution in [1.82, 2.24) is 0 Å². The highest BCUT2D eigenvalue weighted by atomic mass is 19.1. The predicted molar refractivity (Wildman–Crippen MR) is 72.2 cm³/mol. The van der Waals surface area contributed by atoms with Crippen molar-refractivity contribution >= 4 is 5.69 Å². The Labute approximate surface area is 108 Å². The Morgan fingerprint density at radius 2 is 2.11 bits per heavy atom. The molecule has 1 N–H and O–H groups in total. The van der Waals surface area contributed by atoms with E-state index in [1.807, 2.05) is 6.92 Å². The smallest absolute Gasteiger partial charge is 0.123 e. The summed E-state index contributed by atoms with van der Waals surface area (Å²) in [6, 6.07) is 6.44. The summed E-state index contributed by atoms with van der Waals surface area (Å²) < 4.78 is 12.9. The zero-order valence-electron chi connectivity index (χ0n) is 10.7. The highest BCUT2D eigenvalue weighted by molar-refractivity contribution is 5.46. The summed E-state index contributed by atoms with van der Waals surface area (Å²) in [7, 11) is 0. The second-order valence-corrected chi connectivity index (χ2v) is 4.75. The van der Waals surface area contributed by atoms with Gasteiger partial charge in [0.2, 0.25) is 0 Å². The van der Waals surface area contributed by atoms with Crippen molar-refractivity contribution in [3.63, 3.8) is 0 Å². The molecule has 2 atom stereocenters. The molecule has 0 heterocycles. The summed E-state index contributed by atoms with van der Waals surface area (Å²) in [4.78, 5) is 2.08. The van der Waals surface area contributed by atoms with Crippen LogP contribution in [-0.4, -0.2) is 24.3 Å². The molecule has 2 nitrogen and oxygen atoms in total. The van der Waals surface area contributed by atoms with Gasteiger partial charge < -0.3 is 10.0 Å². The van der Waals surface area contributed by atoms with E-state index in [-0.39, 0.29) is 17.8 Å². The first-order valence-electron chi connectivity index (χ1n) is 6.56. The first kappa shape index (κ1) is 13.1. The fourth-order valence-corrected chi connectivity index (χ4v) is 2.41. The van der Waals surface area contributed by atoms with Crippen molar-refractivity contribution in [3.05, 3.63) is 42.2 Å². The van der Waals surface area contributed by atoms with Gasteiger partial charge in [0.15, 0.2) is 0 Å². The third-order valence-electron chi connectivity index (χ3n) is 3.53. The molecule has 1 aromatic carbocycles. The molecule has 2 rings (SSSR count). The van der Waals surface area contributed by atoms with Crippen LogP contribution in [0.5, 0.6) is 0 Å². The van der Waals surface area contributed by atoms with E-state index < -0.39 is 0 Å². The average Bonchev–Trinajstić information content (AvgIpc) is 2.91. The Bertz CT molecular complexity index is 401. The molecule has 1 aliphatic carbocycles. The lowest BCUT2D eigenvalue weighted by Crippen LogP contribution is -2.35. The Kier molecular flexibility index (Phi) is 4.37. The summed E-state index contributed by atoms with van der Waals surface area (Å²) in [5, 5.41) is 10.2. The first-order valence-corrected chi connectivity index (χ1v) is 6.56. The maximum absolute atomic E-state index is 12.9. The van der Waals surface area contributed by atoms with E-state index in [2.05, 4.69) is 17.1 Å². The maximum atomic E-state index is 12.9. The number of aliphatic hydroxyl groups excluding tert-OH is 1. The zero-order chi connectivity index (χ0) is 13.0. The molecule has 3 heteroatoms. The molecule has 98 valence electrons. The summed E-state index contributed by atoms with van der Waals surface area (Å²) in [5.41, 5.74) is 0.958. The van der Waals surface area contributed by atoms with Gasteiger partial charge in [-0.3, -0.25) is 0 Å². The number of anilines is 1. The van der Waals surface area contributed by atoms with Gasteiger partial charge in [0.1, 0.15) is 5.82 Å². The average molecular weight is 249 g/mol. The topological polar surface area (TPSA) is 23.5 Å². The normalized spacial score (nSPS) is 20.1. The Hall–Kier alpha value is -1.35. The molecule has 0 fully saturated rings. The highest BCUT2D eigenvalue weighted by Crippen LogP contribution is 2.23. The number of nitrogens with zero attached hydrogens (tertiary/aromatic N) is 1. The molecule has 0 saturated carbocycles. The van der Waals surface area contributed by atoms with E-state index in [4.69, 9.17) is 0 Å². The third kappa shape index (κ3) is 3.10. The van der Waals surface area contributed by atoms with Gasteiger partial charge in [0.05, 0.1) is 6.10 Å². The van der Waals surface area contributed by atoms with Crippen molar-refractivity contribution in [2.75, 3.05) is 18.0 Å². The van der Waals surface area contributed by atoms with E-state index in [0.29, 0.717) is 6.54 Å². The quantitative estimate of drug-likeness (QED) is 0.811. The molecule has 2 unspecified atom stereocenters. The van der Waals surface area contributed by atoms with Crippen LogP contribution in [0.15, 0.2) is 36.4 Å². The highest BCUT2D eigenvalue weighted by Gasteiger charge is 2.21. The molecule has 0 spiro atoms. The zero-order valence-corrected chi connectivity index (χ0v) is 10.7. The SMILES string of the molecule is CCN(CC(O)C1C=CCC1)c1ccc(F)cc1. The van der Waals surface area contributed by atoms with E-state index in [9.17, 15) is 9.50 Å². The van der Waals surface area contributed by atoms with Crippen molar-refractivity contribution in [2.45, 2.75) is 25.9 Å². The molecule has 1 aromatic rings. The second kappa shape index (κ2) is 6.01. The Morgan fingerprint density at radius 1 is 1.39 bits per heavy atom. The van der Waals surface area contributed by atoms with Crippen LogP contribution in [0.3, 0.4) is 0 Å². The van der Waals surface area contributed by atoms with Gasteiger partial charge >= 0.3 is 0 Å². The summed E-state index contributed by atoms with van der Waals surface area (Å²) >= 11 is 0. The minimum Gasteiger partial charge on any atom is -0.391 e. The van der Waals surface area contributed by atoms with Crippen LogP contribution in [0.25, 0.3) is 0 Å². The number of benzene rings is 1. The second-order valence-electron chi connectivity index (χ2n) is 4.75. The molecule has 0 amide bonds. The van der Waals surface area contributed by atoms with Crippen molar-refractivity contribution < 1.29 is 9.50 Å². The monoisotopic (exact) mass is 249 g/mol. The van der Waals surface area contributed by atoms with Crippen molar-refractivity contribution in [3.8, 4) is 0 Å². The number of rotatable bonds is 5. The van der Waals surface area contributed by atoms with Gasteiger partial charge in [0.25, 0.3) is 0 Å². The van der Waals surface area contributed by atoms with Crippen LogP contribution in [0.1, 0.15) is 19.8 Å². The number of aliphatic hydroxyl groups is 1. The third-order valence-corrected chi connectivity index (χ3v) is 3.53. The van der Waals surface area contributed by atoms with Crippen LogP contribution < -0.4 is 4.90 Å². The molecular formula is C15H20FNO. The maximum Gasteiger partial charge on any atom is 0.123 e. The lowest BCUT2D eigenvalue weighted by Gasteiger charge is -2.28. The lowest BCUT2D eigenvalue weighted by atomic mass is 10.0. The Balaban J connectivity index is 2.00. The number of likely N-dealkylation sites (N-methyl/N-ethyl adjacent to an activating group) is 1. The van der Waals surface area contributed by atoms with Crippen LogP contribution in [-0.2, 0) is 0 Å². The van der Waals surface area contributed by atoms with Gasteiger partial charge in [-0.05, 0) is 44.0 Å².